The Hall–Kier alpha value is -0.0900. The molecule has 0 saturated heterocycles. The summed E-state index contributed by atoms with van der Waals surface area (Å²) in [6.07, 6.45) is 8.68. The minimum absolute atomic E-state index is 0.271. The van der Waals surface area contributed by atoms with Crippen LogP contribution in [0.3, 0.4) is 0 Å². The summed E-state index contributed by atoms with van der Waals surface area (Å²) in [5, 5.41) is -0.271. The van der Waals surface area contributed by atoms with E-state index in [1.165, 1.54) is 32.1 Å². The molecule has 2 N–H and O–H groups in total. The highest BCUT2D eigenvalue weighted by atomic mass is 32.2. The molecular weight excluding hydrogens is 234 g/mol. The van der Waals surface area contributed by atoms with Crippen LogP contribution >= 0.6 is 0 Å². The fraction of sp³-hybridized carbons (Fsp3) is 1.00. The van der Waals surface area contributed by atoms with Gasteiger partial charge in [0, 0.05) is 0 Å². The Morgan fingerprint density at radius 1 is 1.00 bits per heavy atom. The number of unbranched alkanes of at least 4 members (excludes halogenated alkanes) is 6. The lowest BCUT2D eigenvalue weighted by atomic mass is 10.1. The van der Waals surface area contributed by atoms with Crippen LogP contribution in [0.4, 0.5) is 0 Å². The van der Waals surface area contributed by atoms with Crippen molar-refractivity contribution >= 4 is 9.84 Å². The second kappa shape index (κ2) is 9.89. The Kier molecular flexibility index (Phi) is 9.84. The van der Waals surface area contributed by atoms with Crippen LogP contribution in [0.1, 0.15) is 65.2 Å². The predicted molar refractivity (Wildman–Crippen MR) is 74.9 cm³/mol. The highest BCUT2D eigenvalue weighted by Gasteiger charge is 2.18. The van der Waals surface area contributed by atoms with Gasteiger partial charge in [-0.05, 0) is 26.3 Å². The lowest BCUT2D eigenvalue weighted by Gasteiger charge is -2.11. The third-order valence-corrected chi connectivity index (χ3v) is 5.54. The molecule has 0 aromatic rings. The lowest BCUT2D eigenvalue weighted by Crippen LogP contribution is -2.23. The zero-order valence-corrected chi connectivity index (χ0v) is 12.3. The van der Waals surface area contributed by atoms with Crippen molar-refractivity contribution in [2.75, 3.05) is 12.3 Å². The van der Waals surface area contributed by atoms with Gasteiger partial charge < -0.3 is 5.73 Å². The summed E-state index contributed by atoms with van der Waals surface area (Å²) in [6, 6.07) is 0. The molecule has 1 unspecified atom stereocenters. The van der Waals surface area contributed by atoms with E-state index in [2.05, 4.69) is 6.92 Å². The van der Waals surface area contributed by atoms with Crippen LogP contribution in [0.2, 0.25) is 0 Å². The summed E-state index contributed by atoms with van der Waals surface area (Å²) in [6.45, 7) is 4.42. The number of hydrogen-bond donors (Lipinski definition) is 1. The quantitative estimate of drug-likeness (QED) is 0.583. The van der Waals surface area contributed by atoms with Gasteiger partial charge in [-0.3, -0.25) is 0 Å². The molecule has 0 radical (unpaired) electrons. The van der Waals surface area contributed by atoms with Crippen molar-refractivity contribution in [3.8, 4) is 0 Å². The Labute approximate surface area is 107 Å². The average Bonchev–Trinajstić information content (AvgIpc) is 2.28. The van der Waals surface area contributed by atoms with Crippen molar-refractivity contribution < 1.29 is 8.42 Å². The number of hydrogen-bond acceptors (Lipinski definition) is 3. The van der Waals surface area contributed by atoms with E-state index >= 15 is 0 Å². The van der Waals surface area contributed by atoms with E-state index in [0.717, 1.165) is 12.8 Å². The molecule has 0 aromatic heterocycles. The van der Waals surface area contributed by atoms with Crippen molar-refractivity contribution in [2.24, 2.45) is 5.73 Å². The van der Waals surface area contributed by atoms with Gasteiger partial charge >= 0.3 is 0 Å². The normalized spacial score (nSPS) is 13.8. The minimum atomic E-state index is -2.90. The zero-order valence-electron chi connectivity index (χ0n) is 11.5. The van der Waals surface area contributed by atoms with Crippen LogP contribution < -0.4 is 5.73 Å². The fourth-order valence-corrected chi connectivity index (χ4v) is 3.38. The molecule has 0 heterocycles. The highest BCUT2D eigenvalue weighted by molar-refractivity contribution is 7.91. The van der Waals surface area contributed by atoms with Crippen LogP contribution in [0.15, 0.2) is 0 Å². The minimum Gasteiger partial charge on any atom is -0.330 e. The first-order chi connectivity index (χ1) is 8.04. The van der Waals surface area contributed by atoms with Gasteiger partial charge in [0.25, 0.3) is 0 Å². The molecule has 0 aromatic carbocycles. The van der Waals surface area contributed by atoms with Crippen molar-refractivity contribution in [3.05, 3.63) is 0 Å². The van der Waals surface area contributed by atoms with Crippen molar-refractivity contribution in [1.29, 1.82) is 0 Å². The van der Waals surface area contributed by atoms with Gasteiger partial charge in [0.1, 0.15) is 0 Å². The van der Waals surface area contributed by atoms with E-state index < -0.39 is 9.84 Å². The lowest BCUT2D eigenvalue weighted by molar-refractivity contribution is 0.566. The molecular formula is C13H29NO2S. The summed E-state index contributed by atoms with van der Waals surface area (Å²) in [5.74, 6) is 0.335. The molecule has 0 fully saturated rings. The highest BCUT2D eigenvalue weighted by Crippen LogP contribution is 2.11. The Bertz CT molecular complexity index is 263. The van der Waals surface area contributed by atoms with E-state index in [9.17, 15) is 8.42 Å². The topological polar surface area (TPSA) is 60.2 Å². The van der Waals surface area contributed by atoms with Gasteiger partial charge in [0.2, 0.25) is 0 Å². The molecule has 0 bridgehead atoms. The second-order valence-electron chi connectivity index (χ2n) is 4.88. The van der Waals surface area contributed by atoms with Crippen LogP contribution in [0, 0.1) is 0 Å². The zero-order chi connectivity index (χ0) is 13.1. The van der Waals surface area contributed by atoms with Gasteiger partial charge in [-0.15, -0.1) is 0 Å². The molecule has 0 spiro atoms. The van der Waals surface area contributed by atoms with Crippen molar-refractivity contribution in [2.45, 2.75) is 70.5 Å². The molecule has 17 heavy (non-hydrogen) atoms. The van der Waals surface area contributed by atoms with Crippen molar-refractivity contribution in [1.82, 2.24) is 0 Å². The standard InChI is InChI=1S/C13H29NO2S/c1-3-4-5-6-7-8-9-12-17(15,16)13(2)10-11-14/h13H,3-12,14H2,1-2H3. The second-order valence-corrected chi connectivity index (χ2v) is 7.41. The number of rotatable bonds is 11. The maximum Gasteiger partial charge on any atom is 0.152 e. The van der Waals surface area contributed by atoms with E-state index in [4.69, 9.17) is 5.73 Å². The molecule has 104 valence electrons. The van der Waals surface area contributed by atoms with Gasteiger partial charge in [-0.25, -0.2) is 8.42 Å². The molecule has 0 rings (SSSR count). The summed E-state index contributed by atoms with van der Waals surface area (Å²) in [7, 11) is -2.90. The number of nitrogens with two attached hydrogens (primary N) is 1. The maximum atomic E-state index is 11.8. The molecule has 4 heteroatoms. The Balaban J connectivity index is 3.59. The third-order valence-electron chi connectivity index (χ3n) is 3.22. The summed E-state index contributed by atoms with van der Waals surface area (Å²) in [5.41, 5.74) is 5.38. The van der Waals surface area contributed by atoms with Gasteiger partial charge in [0.15, 0.2) is 9.84 Å². The van der Waals surface area contributed by atoms with Gasteiger partial charge in [0.05, 0.1) is 11.0 Å². The fourth-order valence-electron chi connectivity index (χ4n) is 1.88. The van der Waals surface area contributed by atoms with Crippen LogP contribution in [0.5, 0.6) is 0 Å². The summed E-state index contributed by atoms with van der Waals surface area (Å²) >= 11 is 0. The SMILES string of the molecule is CCCCCCCCCS(=O)(=O)C(C)CCN. The molecule has 1 atom stereocenters. The molecule has 0 aliphatic heterocycles. The smallest absolute Gasteiger partial charge is 0.152 e. The monoisotopic (exact) mass is 263 g/mol. The Morgan fingerprint density at radius 3 is 2.06 bits per heavy atom. The van der Waals surface area contributed by atoms with E-state index in [1.54, 1.807) is 6.92 Å². The van der Waals surface area contributed by atoms with E-state index in [-0.39, 0.29) is 5.25 Å². The molecule has 0 aliphatic rings. The first kappa shape index (κ1) is 16.9. The van der Waals surface area contributed by atoms with Crippen LogP contribution in [-0.2, 0) is 9.84 Å². The van der Waals surface area contributed by atoms with Gasteiger partial charge in [-0.2, -0.15) is 0 Å². The van der Waals surface area contributed by atoms with Gasteiger partial charge in [-0.1, -0.05) is 45.4 Å². The van der Waals surface area contributed by atoms with Crippen molar-refractivity contribution in [3.63, 3.8) is 0 Å². The predicted octanol–water partition coefficient (Wildman–Crippen LogP) is 2.89. The summed E-state index contributed by atoms with van der Waals surface area (Å²) < 4.78 is 23.6. The first-order valence-electron chi connectivity index (χ1n) is 6.96. The third kappa shape index (κ3) is 8.61. The Morgan fingerprint density at radius 2 is 1.53 bits per heavy atom. The van der Waals surface area contributed by atoms with E-state index in [0.29, 0.717) is 18.7 Å². The first-order valence-corrected chi connectivity index (χ1v) is 8.67. The summed E-state index contributed by atoms with van der Waals surface area (Å²) in [4.78, 5) is 0. The van der Waals surface area contributed by atoms with Crippen LogP contribution in [-0.4, -0.2) is 26.0 Å². The molecule has 0 saturated carbocycles. The maximum absolute atomic E-state index is 11.8. The van der Waals surface area contributed by atoms with E-state index in [1.807, 2.05) is 0 Å². The number of sulfone groups is 1. The molecule has 0 aliphatic carbocycles. The average molecular weight is 263 g/mol. The largest absolute Gasteiger partial charge is 0.330 e. The molecule has 0 amide bonds. The molecule has 3 nitrogen and oxygen atoms in total. The van der Waals surface area contributed by atoms with Crippen LogP contribution in [0.25, 0.3) is 0 Å².